The third-order valence-electron chi connectivity index (χ3n) is 3.55. The van der Waals surface area contributed by atoms with Crippen LogP contribution in [0.4, 0.5) is 0 Å². The molecule has 15 heavy (non-hydrogen) atoms. The highest BCUT2D eigenvalue weighted by atomic mass is 16.5. The average molecular weight is 212 g/mol. The lowest BCUT2D eigenvalue weighted by Gasteiger charge is -2.27. The van der Waals surface area contributed by atoms with Crippen LogP contribution in [0.25, 0.3) is 0 Å². The molecule has 0 spiro atoms. The zero-order valence-corrected chi connectivity index (χ0v) is 10.0. The fourth-order valence-electron chi connectivity index (χ4n) is 2.07. The van der Waals surface area contributed by atoms with Gasteiger partial charge in [-0.05, 0) is 39.7 Å². The zero-order chi connectivity index (χ0) is 10.7. The molecule has 0 aromatic carbocycles. The molecule has 1 N–H and O–H groups in total. The molecule has 2 aliphatic rings. The molecular formula is C12H24N2O. The lowest BCUT2D eigenvalue weighted by atomic mass is 10.2. The first kappa shape index (κ1) is 11.4. The van der Waals surface area contributed by atoms with Crippen molar-refractivity contribution >= 4 is 0 Å². The van der Waals surface area contributed by atoms with E-state index in [1.807, 2.05) is 0 Å². The Hall–Kier alpha value is -0.120. The minimum atomic E-state index is 0.485. The highest BCUT2D eigenvalue weighted by molar-refractivity contribution is 4.83. The van der Waals surface area contributed by atoms with E-state index >= 15 is 0 Å². The second-order valence-electron chi connectivity index (χ2n) is 5.11. The maximum Gasteiger partial charge on any atom is 0.0702 e. The molecule has 0 bridgehead atoms. The lowest BCUT2D eigenvalue weighted by molar-refractivity contribution is 0.0703. The van der Waals surface area contributed by atoms with Gasteiger partial charge in [-0.3, -0.25) is 4.90 Å². The van der Waals surface area contributed by atoms with Crippen LogP contribution in [0.5, 0.6) is 0 Å². The number of hydrogen-bond acceptors (Lipinski definition) is 3. The predicted octanol–water partition coefficient (Wildman–Crippen LogP) is 1.24. The number of nitrogens with zero attached hydrogens (tertiary/aromatic N) is 1. The Labute approximate surface area is 93.2 Å². The van der Waals surface area contributed by atoms with E-state index in [9.17, 15) is 0 Å². The maximum atomic E-state index is 5.65. The first-order valence-electron chi connectivity index (χ1n) is 6.31. The molecule has 3 heteroatoms. The monoisotopic (exact) mass is 212 g/mol. The van der Waals surface area contributed by atoms with E-state index in [2.05, 4.69) is 24.2 Å². The average Bonchev–Trinajstić information content (AvgIpc) is 2.92. The maximum absolute atomic E-state index is 5.65. The molecule has 1 aliphatic carbocycles. The van der Waals surface area contributed by atoms with Gasteiger partial charge in [0.2, 0.25) is 0 Å². The molecule has 2 atom stereocenters. The smallest absolute Gasteiger partial charge is 0.0702 e. The fourth-order valence-corrected chi connectivity index (χ4v) is 2.07. The molecule has 2 rings (SSSR count). The van der Waals surface area contributed by atoms with Crippen molar-refractivity contribution in [2.75, 3.05) is 26.7 Å². The standard InChI is InChI=1S/C12H24N2O/c1-10(8-13-11-5-6-11)14(2)9-12-4-3-7-15-12/h10-13H,3-9H2,1-2H3. The molecule has 3 nitrogen and oxygen atoms in total. The Morgan fingerprint density at radius 3 is 2.80 bits per heavy atom. The number of rotatable bonds is 6. The van der Waals surface area contributed by atoms with Crippen molar-refractivity contribution in [3.63, 3.8) is 0 Å². The molecule has 1 heterocycles. The van der Waals surface area contributed by atoms with E-state index in [1.165, 1.54) is 25.7 Å². The number of hydrogen-bond donors (Lipinski definition) is 1. The van der Waals surface area contributed by atoms with E-state index in [0.29, 0.717) is 12.1 Å². The van der Waals surface area contributed by atoms with Crippen molar-refractivity contribution < 1.29 is 4.74 Å². The van der Waals surface area contributed by atoms with E-state index < -0.39 is 0 Å². The van der Waals surface area contributed by atoms with Gasteiger partial charge >= 0.3 is 0 Å². The summed E-state index contributed by atoms with van der Waals surface area (Å²) in [4.78, 5) is 2.42. The Bertz CT molecular complexity index is 188. The first-order chi connectivity index (χ1) is 7.25. The second-order valence-corrected chi connectivity index (χ2v) is 5.11. The van der Waals surface area contributed by atoms with Crippen LogP contribution in [0.3, 0.4) is 0 Å². The van der Waals surface area contributed by atoms with Crippen LogP contribution in [-0.4, -0.2) is 49.8 Å². The van der Waals surface area contributed by atoms with E-state index in [0.717, 1.165) is 25.7 Å². The minimum Gasteiger partial charge on any atom is -0.377 e. The summed E-state index contributed by atoms with van der Waals surface area (Å²) in [5, 5.41) is 3.58. The molecule has 1 saturated carbocycles. The van der Waals surface area contributed by atoms with Gasteiger partial charge in [-0.2, -0.15) is 0 Å². The Morgan fingerprint density at radius 1 is 1.40 bits per heavy atom. The van der Waals surface area contributed by atoms with Gasteiger partial charge in [-0.15, -0.1) is 0 Å². The molecule has 1 aliphatic heterocycles. The van der Waals surface area contributed by atoms with Crippen molar-refractivity contribution in [2.45, 2.75) is 50.8 Å². The fraction of sp³-hybridized carbons (Fsp3) is 1.00. The third-order valence-corrected chi connectivity index (χ3v) is 3.55. The number of nitrogens with one attached hydrogen (secondary N) is 1. The van der Waals surface area contributed by atoms with Crippen molar-refractivity contribution in [1.82, 2.24) is 10.2 Å². The number of likely N-dealkylation sites (N-methyl/N-ethyl adjacent to an activating group) is 1. The molecule has 1 saturated heterocycles. The van der Waals surface area contributed by atoms with Crippen LogP contribution in [-0.2, 0) is 4.74 Å². The van der Waals surface area contributed by atoms with Gasteiger partial charge in [0.1, 0.15) is 0 Å². The molecule has 0 amide bonds. The van der Waals surface area contributed by atoms with Crippen LogP contribution in [0.15, 0.2) is 0 Å². The van der Waals surface area contributed by atoms with Gasteiger partial charge in [-0.25, -0.2) is 0 Å². The normalized spacial score (nSPS) is 28.6. The summed E-state index contributed by atoms with van der Waals surface area (Å²) < 4.78 is 5.65. The van der Waals surface area contributed by atoms with Crippen LogP contribution in [0.1, 0.15) is 32.6 Å². The van der Waals surface area contributed by atoms with Crippen molar-refractivity contribution in [2.24, 2.45) is 0 Å². The molecule has 0 radical (unpaired) electrons. The summed E-state index contributed by atoms with van der Waals surface area (Å²) in [5.74, 6) is 0. The summed E-state index contributed by atoms with van der Waals surface area (Å²) in [6, 6.07) is 1.44. The first-order valence-corrected chi connectivity index (χ1v) is 6.31. The third kappa shape index (κ3) is 3.74. The zero-order valence-electron chi connectivity index (χ0n) is 10.0. The minimum absolute atomic E-state index is 0.485. The van der Waals surface area contributed by atoms with E-state index in [-0.39, 0.29) is 0 Å². The summed E-state index contributed by atoms with van der Waals surface area (Å²) in [6.07, 6.45) is 5.73. The van der Waals surface area contributed by atoms with Crippen LogP contribution in [0, 0.1) is 0 Å². The topological polar surface area (TPSA) is 24.5 Å². The van der Waals surface area contributed by atoms with Crippen molar-refractivity contribution in [3.8, 4) is 0 Å². The molecule has 2 unspecified atom stereocenters. The molecule has 88 valence electrons. The van der Waals surface area contributed by atoms with E-state index in [4.69, 9.17) is 4.74 Å². The van der Waals surface area contributed by atoms with Gasteiger partial charge in [0, 0.05) is 31.8 Å². The van der Waals surface area contributed by atoms with Crippen LogP contribution < -0.4 is 5.32 Å². The summed E-state index contributed by atoms with van der Waals surface area (Å²) in [7, 11) is 2.21. The van der Waals surface area contributed by atoms with Gasteiger partial charge in [0.25, 0.3) is 0 Å². The van der Waals surface area contributed by atoms with E-state index in [1.54, 1.807) is 0 Å². The highest BCUT2D eigenvalue weighted by Crippen LogP contribution is 2.19. The predicted molar refractivity (Wildman–Crippen MR) is 62.1 cm³/mol. The van der Waals surface area contributed by atoms with Gasteiger partial charge < -0.3 is 10.1 Å². The Morgan fingerprint density at radius 2 is 2.20 bits per heavy atom. The molecular weight excluding hydrogens is 188 g/mol. The highest BCUT2D eigenvalue weighted by Gasteiger charge is 2.23. The SMILES string of the molecule is CC(CNC1CC1)N(C)CC1CCCO1. The molecule has 2 fully saturated rings. The Kier molecular flexibility index (Phi) is 4.00. The Balaban J connectivity index is 1.61. The summed E-state index contributed by atoms with van der Waals surface area (Å²) >= 11 is 0. The van der Waals surface area contributed by atoms with Gasteiger partial charge in [0.15, 0.2) is 0 Å². The summed E-state index contributed by atoms with van der Waals surface area (Å²) in [6.45, 7) is 5.47. The summed E-state index contributed by atoms with van der Waals surface area (Å²) in [5.41, 5.74) is 0. The molecule has 0 aromatic heterocycles. The largest absolute Gasteiger partial charge is 0.377 e. The van der Waals surface area contributed by atoms with Gasteiger partial charge in [-0.1, -0.05) is 0 Å². The van der Waals surface area contributed by atoms with Crippen LogP contribution in [0.2, 0.25) is 0 Å². The van der Waals surface area contributed by atoms with Crippen LogP contribution >= 0.6 is 0 Å². The van der Waals surface area contributed by atoms with Crippen molar-refractivity contribution in [1.29, 1.82) is 0 Å². The lowest BCUT2D eigenvalue weighted by Crippen LogP contribution is -2.42. The van der Waals surface area contributed by atoms with Crippen molar-refractivity contribution in [3.05, 3.63) is 0 Å². The number of ether oxygens (including phenoxy) is 1. The second kappa shape index (κ2) is 5.28. The van der Waals surface area contributed by atoms with Gasteiger partial charge in [0.05, 0.1) is 6.10 Å². The molecule has 0 aromatic rings. The quantitative estimate of drug-likeness (QED) is 0.717.